The van der Waals surface area contributed by atoms with E-state index in [1.165, 1.54) is 0 Å². The topological polar surface area (TPSA) is 27.1 Å². The summed E-state index contributed by atoms with van der Waals surface area (Å²) in [6.07, 6.45) is -10.0. The third-order valence-electron chi connectivity index (χ3n) is 1.14. The number of nitrogens with zero attached hydrogens (tertiary/aromatic N) is 2. The lowest BCUT2D eigenvalue weighted by Crippen LogP contribution is -2.25. The molecule has 15 heavy (non-hydrogen) atoms. The van der Waals surface area contributed by atoms with Gasteiger partial charge in [-0.2, -0.15) is 5.10 Å². The molecule has 0 unspecified atom stereocenters. The summed E-state index contributed by atoms with van der Waals surface area (Å²) in [5.74, 6) is -1.61. The molecule has 1 heterocycles. The zero-order chi connectivity index (χ0) is 11.9. The van der Waals surface area contributed by atoms with Gasteiger partial charge in [0, 0.05) is 0 Å². The van der Waals surface area contributed by atoms with E-state index in [1.54, 1.807) is 0 Å². The van der Waals surface area contributed by atoms with Crippen molar-refractivity contribution >= 4 is 11.6 Å². The minimum Gasteiger partial charge on any atom is -0.386 e. The number of ether oxygens (including phenoxy) is 1. The second-order valence-electron chi connectivity index (χ2n) is 2.23. The van der Waals surface area contributed by atoms with E-state index in [0.29, 0.717) is 6.20 Å². The van der Waals surface area contributed by atoms with Crippen molar-refractivity contribution < 1.29 is 31.1 Å². The molecule has 0 atom stereocenters. The van der Waals surface area contributed by atoms with Crippen molar-refractivity contribution in [1.29, 1.82) is 0 Å². The van der Waals surface area contributed by atoms with Crippen LogP contribution in [0.25, 0.3) is 0 Å². The van der Waals surface area contributed by atoms with E-state index < -0.39 is 28.2 Å². The summed E-state index contributed by atoms with van der Waals surface area (Å²) in [6, 6.07) is 0. The lowest BCUT2D eigenvalue weighted by molar-refractivity contribution is -0.285. The Labute approximate surface area is 83.2 Å². The third-order valence-corrected chi connectivity index (χ3v) is 1.40. The van der Waals surface area contributed by atoms with Gasteiger partial charge in [0.05, 0.1) is 6.20 Å². The van der Waals surface area contributed by atoms with Crippen molar-refractivity contribution in [2.45, 2.75) is 12.7 Å². The average molecular weight is 255 g/mol. The molecule has 0 fully saturated rings. The maximum atomic E-state index is 12.0. The van der Waals surface area contributed by atoms with Gasteiger partial charge in [0.2, 0.25) is 5.88 Å². The molecule has 0 spiro atoms. The Morgan fingerprint density at radius 2 is 1.73 bits per heavy atom. The normalized spacial score (nSPS) is 13.0. The highest BCUT2D eigenvalue weighted by Gasteiger charge is 2.41. The highest BCUT2D eigenvalue weighted by atomic mass is 35.5. The highest BCUT2D eigenvalue weighted by molar-refractivity contribution is 6.31. The fourth-order valence-corrected chi connectivity index (χ4v) is 0.862. The standard InChI is InChI=1S/C5HClF6N2O/c6-2-1-13-14(4(7,8)9)3(2)15-5(10,11)12/h1H. The number of alkyl halides is 6. The molecule has 0 saturated carbocycles. The molecule has 1 aromatic heterocycles. The third kappa shape index (κ3) is 2.91. The average Bonchev–Trinajstić information content (AvgIpc) is 2.28. The fourth-order valence-electron chi connectivity index (χ4n) is 0.699. The Balaban J connectivity index is 3.11. The van der Waals surface area contributed by atoms with Gasteiger partial charge in [-0.3, -0.25) is 0 Å². The van der Waals surface area contributed by atoms with E-state index in [-0.39, 0.29) is 0 Å². The predicted octanol–water partition coefficient (Wildman–Crippen LogP) is 2.91. The summed E-state index contributed by atoms with van der Waals surface area (Å²) in [5.41, 5.74) is 0. The molecule has 0 aliphatic carbocycles. The molecule has 0 saturated heterocycles. The Morgan fingerprint density at radius 1 is 1.20 bits per heavy atom. The Bertz CT molecular complexity index is 355. The minimum absolute atomic E-state index is 0.399. The smallest absolute Gasteiger partial charge is 0.386 e. The van der Waals surface area contributed by atoms with Crippen LogP contribution in [0.3, 0.4) is 0 Å². The van der Waals surface area contributed by atoms with E-state index in [2.05, 4.69) is 9.84 Å². The van der Waals surface area contributed by atoms with Gasteiger partial charge in [-0.1, -0.05) is 11.6 Å². The maximum Gasteiger partial charge on any atom is 0.574 e. The van der Waals surface area contributed by atoms with Gasteiger partial charge < -0.3 is 4.74 Å². The van der Waals surface area contributed by atoms with Crippen LogP contribution in [0.4, 0.5) is 26.3 Å². The summed E-state index contributed by atoms with van der Waals surface area (Å²) in [4.78, 5) is 0. The minimum atomic E-state index is -5.27. The number of rotatable bonds is 1. The SMILES string of the molecule is FC(F)(F)Oc1c(Cl)cnn1C(F)(F)F. The van der Waals surface area contributed by atoms with Crippen LogP contribution in [0.5, 0.6) is 5.88 Å². The van der Waals surface area contributed by atoms with E-state index in [9.17, 15) is 26.3 Å². The molecule has 0 N–H and O–H groups in total. The van der Waals surface area contributed by atoms with Gasteiger partial charge in [-0.05, 0) is 0 Å². The molecule has 0 aliphatic rings. The van der Waals surface area contributed by atoms with Crippen LogP contribution in [0.15, 0.2) is 6.20 Å². The van der Waals surface area contributed by atoms with Gasteiger partial charge in [-0.25, -0.2) is 0 Å². The zero-order valence-corrected chi connectivity index (χ0v) is 7.28. The summed E-state index contributed by atoms with van der Waals surface area (Å²) >= 11 is 5.05. The molecule has 1 rings (SSSR count). The van der Waals surface area contributed by atoms with Crippen LogP contribution in [0.1, 0.15) is 0 Å². The molecular weight excluding hydrogens is 254 g/mol. The maximum absolute atomic E-state index is 12.0. The van der Waals surface area contributed by atoms with Crippen LogP contribution in [-0.2, 0) is 6.30 Å². The molecule has 1 aromatic rings. The number of halogens is 7. The van der Waals surface area contributed by atoms with Crippen molar-refractivity contribution in [2.75, 3.05) is 0 Å². The van der Waals surface area contributed by atoms with Crippen LogP contribution < -0.4 is 4.74 Å². The summed E-state index contributed by atoms with van der Waals surface area (Å²) < 4.78 is 73.3. The van der Waals surface area contributed by atoms with E-state index in [1.807, 2.05) is 0 Å². The molecule has 0 amide bonds. The van der Waals surface area contributed by atoms with Gasteiger partial charge in [0.15, 0.2) is 0 Å². The summed E-state index contributed by atoms with van der Waals surface area (Å²) in [6.45, 7) is 0. The Morgan fingerprint density at radius 3 is 2.13 bits per heavy atom. The van der Waals surface area contributed by atoms with Gasteiger partial charge in [0.25, 0.3) is 0 Å². The lowest BCUT2D eigenvalue weighted by atomic mass is 10.7. The molecule has 10 heteroatoms. The fraction of sp³-hybridized carbons (Fsp3) is 0.400. The number of hydrogen-bond acceptors (Lipinski definition) is 2. The second kappa shape index (κ2) is 3.47. The highest BCUT2D eigenvalue weighted by Crippen LogP contribution is 2.35. The van der Waals surface area contributed by atoms with Crippen molar-refractivity contribution in [1.82, 2.24) is 9.78 Å². The first-order chi connectivity index (χ1) is 6.61. The van der Waals surface area contributed by atoms with Crippen LogP contribution in [-0.4, -0.2) is 16.1 Å². The first kappa shape index (κ1) is 12.0. The van der Waals surface area contributed by atoms with E-state index in [0.717, 1.165) is 0 Å². The van der Waals surface area contributed by atoms with Crippen molar-refractivity contribution in [2.24, 2.45) is 0 Å². The second-order valence-corrected chi connectivity index (χ2v) is 2.63. The quantitative estimate of drug-likeness (QED) is 0.721. The first-order valence-electron chi connectivity index (χ1n) is 3.18. The number of aromatic nitrogens is 2. The first-order valence-corrected chi connectivity index (χ1v) is 3.55. The van der Waals surface area contributed by atoms with E-state index in [4.69, 9.17) is 11.6 Å². The van der Waals surface area contributed by atoms with Crippen molar-refractivity contribution in [3.05, 3.63) is 11.2 Å². The largest absolute Gasteiger partial charge is 0.574 e. The van der Waals surface area contributed by atoms with Crippen LogP contribution in [0, 0.1) is 0 Å². The summed E-state index contributed by atoms with van der Waals surface area (Å²) in [7, 11) is 0. The molecule has 0 bridgehead atoms. The Hall–Kier alpha value is -1.12. The number of hydrogen-bond donors (Lipinski definition) is 0. The molecule has 0 aliphatic heterocycles. The predicted molar refractivity (Wildman–Crippen MR) is 35.2 cm³/mol. The van der Waals surface area contributed by atoms with Gasteiger partial charge in [0.1, 0.15) is 5.02 Å². The van der Waals surface area contributed by atoms with Crippen molar-refractivity contribution in [3.8, 4) is 5.88 Å². The van der Waals surface area contributed by atoms with E-state index >= 15 is 0 Å². The zero-order valence-electron chi connectivity index (χ0n) is 6.53. The van der Waals surface area contributed by atoms with Crippen LogP contribution in [0.2, 0.25) is 5.02 Å². The Kier molecular flexibility index (Phi) is 2.77. The molecular formula is C5HClF6N2O. The van der Waals surface area contributed by atoms with Crippen LogP contribution >= 0.6 is 11.6 Å². The molecule has 3 nitrogen and oxygen atoms in total. The van der Waals surface area contributed by atoms with Crippen molar-refractivity contribution in [3.63, 3.8) is 0 Å². The monoisotopic (exact) mass is 254 g/mol. The van der Waals surface area contributed by atoms with Gasteiger partial charge in [-0.15, -0.1) is 31.0 Å². The molecule has 0 radical (unpaired) electrons. The lowest BCUT2D eigenvalue weighted by Gasteiger charge is -2.12. The molecule has 0 aromatic carbocycles. The van der Waals surface area contributed by atoms with Gasteiger partial charge >= 0.3 is 12.7 Å². The summed E-state index contributed by atoms with van der Waals surface area (Å²) in [5, 5.41) is 1.72. The molecule has 86 valence electrons.